The highest BCUT2D eigenvalue weighted by Gasteiger charge is 2.44. The first-order valence-electron chi connectivity index (χ1n) is 15.2. The van der Waals surface area contributed by atoms with E-state index in [2.05, 4.69) is 17.5 Å². The highest BCUT2D eigenvalue weighted by atomic mass is 32.2. The maximum absolute atomic E-state index is 13.9. The van der Waals surface area contributed by atoms with Crippen molar-refractivity contribution < 1.29 is 37.3 Å². The largest absolute Gasteiger partial charge is 0.494 e. The molecule has 3 heterocycles. The summed E-state index contributed by atoms with van der Waals surface area (Å²) in [4.78, 5) is 13.2. The van der Waals surface area contributed by atoms with Crippen LogP contribution in [-0.4, -0.2) is 81.4 Å². The first kappa shape index (κ1) is 31.5. The van der Waals surface area contributed by atoms with Crippen molar-refractivity contribution >= 4 is 16.1 Å². The van der Waals surface area contributed by atoms with E-state index in [1.54, 1.807) is 18.2 Å². The summed E-state index contributed by atoms with van der Waals surface area (Å²) < 4.78 is 51.8. The van der Waals surface area contributed by atoms with Crippen LogP contribution < -0.4 is 10.1 Å². The first-order valence-corrected chi connectivity index (χ1v) is 16.6. The van der Waals surface area contributed by atoms with Gasteiger partial charge < -0.3 is 29.4 Å². The van der Waals surface area contributed by atoms with Crippen LogP contribution in [0.3, 0.4) is 0 Å². The number of amides is 1. The van der Waals surface area contributed by atoms with Crippen LogP contribution >= 0.6 is 0 Å². The van der Waals surface area contributed by atoms with Gasteiger partial charge in [0.2, 0.25) is 10.0 Å². The zero-order valence-electron chi connectivity index (χ0n) is 24.4. The van der Waals surface area contributed by atoms with E-state index in [-0.39, 0.29) is 43.2 Å². The second-order valence-corrected chi connectivity index (χ2v) is 13.2. The average Bonchev–Trinajstić information content (AvgIpc) is 3.62. The molecule has 3 aliphatic rings. The van der Waals surface area contributed by atoms with Gasteiger partial charge in [-0.2, -0.15) is 4.31 Å². The molecule has 0 saturated carbocycles. The lowest BCUT2D eigenvalue weighted by Gasteiger charge is -2.30. The van der Waals surface area contributed by atoms with Crippen molar-refractivity contribution in [2.75, 3.05) is 32.9 Å². The van der Waals surface area contributed by atoms with Crippen molar-refractivity contribution in [3.63, 3.8) is 0 Å². The van der Waals surface area contributed by atoms with Crippen LogP contribution in [0, 0.1) is 5.92 Å². The number of ether oxygens (including phenoxy) is 4. The van der Waals surface area contributed by atoms with Crippen LogP contribution in [0.15, 0.2) is 71.6 Å². The second kappa shape index (κ2) is 15.2. The van der Waals surface area contributed by atoms with Crippen LogP contribution in [0.1, 0.15) is 44.1 Å². The molecule has 10 nitrogen and oxygen atoms in total. The van der Waals surface area contributed by atoms with E-state index in [9.17, 15) is 18.3 Å². The van der Waals surface area contributed by atoms with E-state index in [0.29, 0.717) is 25.4 Å². The molecular formula is C32H42N2O8S. The summed E-state index contributed by atoms with van der Waals surface area (Å²) in [6.07, 6.45) is 6.59. The minimum Gasteiger partial charge on any atom is -0.494 e. The van der Waals surface area contributed by atoms with Crippen molar-refractivity contribution in [2.24, 2.45) is 5.92 Å². The standard InChI is InChI=1S/C32H42N2O8S/c35-29(22-34-17-9-4-2-1-3-5-10-18-39-25-14-11-15-26(21-25)43(34,37)38)28(20-24-12-7-6-8-13-24)33-32(36)42-30-23-41-31-27(30)16-19-40-31/h1,3,6-8,11-15,21,27-31,35H,2,4-5,9-10,16-20,22-23H2,(H,33,36)/b3-1+/t27?,28-,29+,30-,31+/m0/s1. The molecule has 1 amide bonds. The topological polar surface area (TPSA) is 124 Å². The fourth-order valence-electron chi connectivity index (χ4n) is 5.72. The first-order chi connectivity index (χ1) is 20.9. The maximum atomic E-state index is 13.9. The van der Waals surface area contributed by atoms with Crippen LogP contribution in [0.25, 0.3) is 0 Å². The van der Waals surface area contributed by atoms with Gasteiger partial charge >= 0.3 is 6.09 Å². The van der Waals surface area contributed by atoms with Gasteiger partial charge in [0.1, 0.15) is 11.9 Å². The molecule has 0 spiro atoms. The van der Waals surface area contributed by atoms with Crippen molar-refractivity contribution in [3.05, 3.63) is 72.3 Å². The monoisotopic (exact) mass is 614 g/mol. The van der Waals surface area contributed by atoms with Crippen LogP contribution in [0.4, 0.5) is 4.79 Å². The summed E-state index contributed by atoms with van der Waals surface area (Å²) >= 11 is 0. The van der Waals surface area contributed by atoms with Crippen LogP contribution in [0.5, 0.6) is 5.75 Å². The molecule has 5 rings (SSSR count). The highest BCUT2D eigenvalue weighted by molar-refractivity contribution is 7.89. The molecule has 234 valence electrons. The number of nitrogens with zero attached hydrogens (tertiary/aromatic N) is 1. The number of hydrogen-bond donors (Lipinski definition) is 2. The Labute approximate surface area is 254 Å². The van der Waals surface area contributed by atoms with Gasteiger partial charge in [-0.25, -0.2) is 13.2 Å². The second-order valence-electron chi connectivity index (χ2n) is 11.3. The number of nitrogens with one attached hydrogen (secondary N) is 1. The van der Waals surface area contributed by atoms with Gasteiger partial charge in [0, 0.05) is 19.2 Å². The van der Waals surface area contributed by atoms with E-state index < -0.39 is 34.4 Å². The smallest absolute Gasteiger partial charge is 0.407 e. The third kappa shape index (κ3) is 8.57. The molecule has 2 N–H and O–H groups in total. The summed E-state index contributed by atoms with van der Waals surface area (Å²) in [6, 6.07) is 15.1. The minimum atomic E-state index is -3.98. The molecule has 2 bridgehead atoms. The molecule has 2 aromatic rings. The Kier molecular flexibility index (Phi) is 11.1. The number of carbonyl (C=O) groups is 1. The quantitative estimate of drug-likeness (QED) is 0.448. The Hall–Kier alpha value is -2.96. The predicted octanol–water partition coefficient (Wildman–Crippen LogP) is 4.04. The normalized spacial score (nSPS) is 26.6. The number of fused-ring (bicyclic) bond motifs is 3. The van der Waals surface area contributed by atoms with Crippen LogP contribution in [-0.2, 0) is 30.7 Å². The molecule has 2 fully saturated rings. The molecule has 0 aromatic heterocycles. The van der Waals surface area contributed by atoms with Gasteiger partial charge in [0.05, 0.1) is 42.8 Å². The SMILES string of the molecule is O=C(N[C@@H](Cc1ccccc1)[C@H](O)CN1CCCC/C=C/CCCOc2cccc(c2)S1(=O)=O)O[C@H]1CO[C@H]2OCCC21. The number of alkyl carbamates (subject to hydrolysis) is 1. The Balaban J connectivity index is 1.33. The molecule has 3 aliphatic heterocycles. The third-order valence-electron chi connectivity index (χ3n) is 8.12. The van der Waals surface area contributed by atoms with Gasteiger partial charge in [0.25, 0.3) is 0 Å². The van der Waals surface area contributed by atoms with Crippen molar-refractivity contribution in [3.8, 4) is 5.75 Å². The minimum absolute atomic E-state index is 0.0249. The number of rotatable bonds is 7. The lowest BCUT2D eigenvalue weighted by Crippen LogP contribution is -2.51. The number of sulfonamides is 1. The molecule has 0 aliphatic carbocycles. The van der Waals surface area contributed by atoms with E-state index in [0.717, 1.165) is 37.7 Å². The third-order valence-corrected chi connectivity index (χ3v) is 9.98. The number of aliphatic hydroxyl groups is 1. The Morgan fingerprint density at radius 1 is 1.02 bits per heavy atom. The van der Waals surface area contributed by atoms with Crippen LogP contribution in [0.2, 0.25) is 0 Å². The molecule has 1 unspecified atom stereocenters. The number of aliphatic hydroxyl groups excluding tert-OH is 1. The van der Waals surface area contributed by atoms with Crippen molar-refractivity contribution in [1.82, 2.24) is 9.62 Å². The lowest BCUT2D eigenvalue weighted by molar-refractivity contribution is -0.0907. The molecule has 11 heteroatoms. The summed E-state index contributed by atoms with van der Waals surface area (Å²) in [6.45, 7) is 1.32. The molecule has 2 aromatic carbocycles. The van der Waals surface area contributed by atoms with Crippen molar-refractivity contribution in [2.45, 2.75) is 74.4 Å². The van der Waals surface area contributed by atoms with E-state index in [1.807, 2.05) is 30.3 Å². The number of β-amino-alcohol motifs (C(OH)–C–C–N with tert-alkyl or cyclic N) is 1. The summed E-state index contributed by atoms with van der Waals surface area (Å²) in [5.74, 6) is 0.459. The number of carbonyl (C=O) groups excluding carboxylic acids is 1. The van der Waals surface area contributed by atoms with Gasteiger partial charge in [-0.15, -0.1) is 0 Å². The summed E-state index contributed by atoms with van der Waals surface area (Å²) in [5, 5.41) is 14.4. The van der Waals surface area contributed by atoms with Gasteiger partial charge in [-0.1, -0.05) is 48.6 Å². The molecular weight excluding hydrogens is 572 g/mol. The van der Waals surface area contributed by atoms with E-state index >= 15 is 0 Å². The zero-order valence-corrected chi connectivity index (χ0v) is 25.2. The fourth-order valence-corrected chi connectivity index (χ4v) is 7.25. The lowest BCUT2D eigenvalue weighted by atomic mass is 10.0. The van der Waals surface area contributed by atoms with Crippen molar-refractivity contribution in [1.29, 1.82) is 0 Å². The van der Waals surface area contributed by atoms with E-state index in [4.69, 9.17) is 18.9 Å². The molecule has 43 heavy (non-hydrogen) atoms. The molecule has 0 radical (unpaired) electrons. The summed E-state index contributed by atoms with van der Waals surface area (Å²) in [5.41, 5.74) is 0.886. The Bertz CT molecular complexity index is 1320. The number of benzene rings is 2. The van der Waals surface area contributed by atoms with Gasteiger partial charge in [0.15, 0.2) is 6.29 Å². The Morgan fingerprint density at radius 2 is 1.84 bits per heavy atom. The average molecular weight is 615 g/mol. The van der Waals surface area contributed by atoms with Gasteiger partial charge in [-0.3, -0.25) is 0 Å². The summed E-state index contributed by atoms with van der Waals surface area (Å²) in [7, 11) is -3.98. The number of allylic oxidation sites excluding steroid dienone is 2. The van der Waals surface area contributed by atoms with Gasteiger partial charge in [-0.05, 0) is 62.6 Å². The number of hydrogen-bond acceptors (Lipinski definition) is 8. The van der Waals surface area contributed by atoms with E-state index in [1.165, 1.54) is 10.4 Å². The zero-order chi connectivity index (χ0) is 30.1. The maximum Gasteiger partial charge on any atom is 0.407 e. The highest BCUT2D eigenvalue weighted by Crippen LogP contribution is 2.33. The predicted molar refractivity (Wildman–Crippen MR) is 160 cm³/mol. The molecule has 2 saturated heterocycles. The molecule has 5 atom stereocenters. The fraction of sp³-hybridized carbons (Fsp3) is 0.531. The Morgan fingerprint density at radius 3 is 2.67 bits per heavy atom.